The molecule has 5 heteroatoms. The Morgan fingerprint density at radius 2 is 2.24 bits per heavy atom. The van der Waals surface area contributed by atoms with Gasteiger partial charge in [-0.05, 0) is 36.8 Å². The van der Waals surface area contributed by atoms with Gasteiger partial charge in [-0.25, -0.2) is 13.8 Å². The van der Waals surface area contributed by atoms with E-state index in [1.807, 2.05) is 10.8 Å². The fourth-order valence-electron chi connectivity index (χ4n) is 3.28. The summed E-state index contributed by atoms with van der Waals surface area (Å²) in [5.41, 5.74) is -0.394. The van der Waals surface area contributed by atoms with Crippen LogP contribution in [0.25, 0.3) is 0 Å². The molecule has 0 spiro atoms. The van der Waals surface area contributed by atoms with E-state index in [2.05, 4.69) is 4.98 Å². The standard InChI is InChI=1S/C16H18F2N2O/c17-14-4-3-12(15(18)9-14)8-13-2-1-5-16(13,21)10-20-7-6-19-11-20/h3-4,6-7,9,11,13,21H,1-2,5,8,10H2/t13-,16+/m0/s1. The molecule has 3 rings (SSSR count). The smallest absolute Gasteiger partial charge is 0.129 e. The van der Waals surface area contributed by atoms with Gasteiger partial charge in [0.2, 0.25) is 0 Å². The Morgan fingerprint density at radius 3 is 2.95 bits per heavy atom. The van der Waals surface area contributed by atoms with Crippen LogP contribution in [-0.4, -0.2) is 20.3 Å². The normalized spacial score (nSPS) is 25.4. The highest BCUT2D eigenvalue weighted by Gasteiger charge is 2.41. The highest BCUT2D eigenvalue weighted by molar-refractivity contribution is 5.20. The van der Waals surface area contributed by atoms with E-state index >= 15 is 0 Å². The van der Waals surface area contributed by atoms with Crippen LogP contribution >= 0.6 is 0 Å². The minimum Gasteiger partial charge on any atom is -0.388 e. The Kier molecular flexibility index (Phi) is 3.76. The van der Waals surface area contributed by atoms with E-state index in [4.69, 9.17) is 0 Å². The third-order valence-corrected chi connectivity index (χ3v) is 4.42. The number of nitrogens with zero attached hydrogens (tertiary/aromatic N) is 2. The van der Waals surface area contributed by atoms with Crippen molar-refractivity contribution in [3.8, 4) is 0 Å². The van der Waals surface area contributed by atoms with Gasteiger partial charge in [0, 0.05) is 18.5 Å². The summed E-state index contributed by atoms with van der Waals surface area (Å²) in [7, 11) is 0. The summed E-state index contributed by atoms with van der Waals surface area (Å²) < 4.78 is 28.6. The predicted octanol–water partition coefficient (Wildman–Crippen LogP) is 2.94. The van der Waals surface area contributed by atoms with Crippen LogP contribution in [0.3, 0.4) is 0 Å². The highest BCUT2D eigenvalue weighted by Crippen LogP contribution is 2.39. The summed E-state index contributed by atoms with van der Waals surface area (Å²) in [5.74, 6) is -1.14. The number of aliphatic hydroxyl groups is 1. The first-order valence-corrected chi connectivity index (χ1v) is 7.19. The molecule has 1 saturated carbocycles. The van der Waals surface area contributed by atoms with Gasteiger partial charge >= 0.3 is 0 Å². The number of rotatable bonds is 4. The van der Waals surface area contributed by atoms with E-state index in [1.165, 1.54) is 12.1 Å². The Balaban J connectivity index is 1.77. The lowest BCUT2D eigenvalue weighted by Crippen LogP contribution is -2.38. The van der Waals surface area contributed by atoms with Crippen LogP contribution in [0, 0.1) is 17.6 Å². The summed E-state index contributed by atoms with van der Waals surface area (Å²) in [4.78, 5) is 3.98. The Morgan fingerprint density at radius 1 is 1.38 bits per heavy atom. The summed E-state index contributed by atoms with van der Waals surface area (Å²) in [6.07, 6.45) is 8.04. The van der Waals surface area contributed by atoms with Crippen LogP contribution in [0.2, 0.25) is 0 Å². The molecule has 1 aliphatic carbocycles. The third kappa shape index (κ3) is 2.97. The maximum absolute atomic E-state index is 13.8. The van der Waals surface area contributed by atoms with Crippen LogP contribution in [-0.2, 0) is 13.0 Å². The summed E-state index contributed by atoms with van der Waals surface area (Å²) in [6.45, 7) is 0.459. The quantitative estimate of drug-likeness (QED) is 0.941. The molecule has 1 aromatic carbocycles. The van der Waals surface area contributed by atoms with E-state index in [1.54, 1.807) is 12.5 Å². The summed E-state index contributed by atoms with van der Waals surface area (Å²) in [5, 5.41) is 10.9. The predicted molar refractivity (Wildman–Crippen MR) is 74.6 cm³/mol. The lowest BCUT2D eigenvalue weighted by Gasteiger charge is -2.30. The zero-order chi connectivity index (χ0) is 14.9. The molecule has 0 saturated heterocycles. The van der Waals surface area contributed by atoms with Gasteiger partial charge in [-0.1, -0.05) is 12.5 Å². The molecule has 1 aromatic heterocycles. The van der Waals surface area contributed by atoms with Crippen molar-refractivity contribution in [3.63, 3.8) is 0 Å². The second-order valence-corrected chi connectivity index (χ2v) is 5.87. The van der Waals surface area contributed by atoms with Crippen molar-refractivity contribution in [2.45, 2.75) is 37.8 Å². The molecule has 0 aliphatic heterocycles. The second-order valence-electron chi connectivity index (χ2n) is 5.87. The van der Waals surface area contributed by atoms with Gasteiger partial charge in [0.1, 0.15) is 11.6 Å². The molecule has 1 N–H and O–H groups in total. The van der Waals surface area contributed by atoms with Crippen LogP contribution in [0.15, 0.2) is 36.9 Å². The third-order valence-electron chi connectivity index (χ3n) is 4.42. The molecule has 0 unspecified atom stereocenters. The van der Waals surface area contributed by atoms with Crippen molar-refractivity contribution in [2.75, 3.05) is 0 Å². The number of aromatic nitrogens is 2. The average Bonchev–Trinajstić information content (AvgIpc) is 3.04. The molecule has 1 aliphatic rings. The van der Waals surface area contributed by atoms with Crippen molar-refractivity contribution in [1.82, 2.24) is 9.55 Å². The number of halogens is 2. The van der Waals surface area contributed by atoms with Crippen molar-refractivity contribution >= 4 is 0 Å². The van der Waals surface area contributed by atoms with Crippen molar-refractivity contribution in [1.29, 1.82) is 0 Å². The zero-order valence-corrected chi connectivity index (χ0v) is 11.7. The molecule has 1 heterocycles. The van der Waals surface area contributed by atoms with E-state index in [0.29, 0.717) is 24.9 Å². The zero-order valence-electron chi connectivity index (χ0n) is 11.7. The number of hydrogen-bond donors (Lipinski definition) is 1. The van der Waals surface area contributed by atoms with E-state index in [9.17, 15) is 13.9 Å². The van der Waals surface area contributed by atoms with Gasteiger partial charge in [0.25, 0.3) is 0 Å². The minimum atomic E-state index is -0.860. The van der Waals surface area contributed by atoms with Gasteiger partial charge < -0.3 is 9.67 Å². The van der Waals surface area contributed by atoms with E-state index in [0.717, 1.165) is 18.9 Å². The molecule has 112 valence electrons. The first-order chi connectivity index (χ1) is 10.1. The largest absolute Gasteiger partial charge is 0.388 e. The minimum absolute atomic E-state index is 0.0279. The maximum atomic E-state index is 13.8. The van der Waals surface area contributed by atoms with Crippen LogP contribution in [0.1, 0.15) is 24.8 Å². The first-order valence-electron chi connectivity index (χ1n) is 7.19. The van der Waals surface area contributed by atoms with Crippen molar-refractivity contribution in [2.24, 2.45) is 5.92 Å². The molecule has 0 bridgehead atoms. The average molecular weight is 292 g/mol. The van der Waals surface area contributed by atoms with Crippen LogP contribution in [0.4, 0.5) is 8.78 Å². The lowest BCUT2D eigenvalue weighted by molar-refractivity contribution is -0.0136. The molecule has 3 nitrogen and oxygen atoms in total. The molecule has 0 amide bonds. The molecule has 1 fully saturated rings. The second kappa shape index (κ2) is 5.56. The number of benzene rings is 1. The van der Waals surface area contributed by atoms with Crippen LogP contribution < -0.4 is 0 Å². The Hall–Kier alpha value is -1.75. The van der Waals surface area contributed by atoms with Gasteiger partial charge in [-0.2, -0.15) is 0 Å². The topological polar surface area (TPSA) is 38.0 Å². The molecule has 2 atom stereocenters. The van der Waals surface area contributed by atoms with Crippen molar-refractivity contribution < 1.29 is 13.9 Å². The SMILES string of the molecule is O[C@@]1(Cn2ccnc2)CCC[C@H]1Cc1ccc(F)cc1F. The van der Waals surface area contributed by atoms with E-state index in [-0.39, 0.29) is 5.92 Å². The monoisotopic (exact) mass is 292 g/mol. The number of imidazole rings is 1. The van der Waals surface area contributed by atoms with Gasteiger partial charge in [0.15, 0.2) is 0 Å². The van der Waals surface area contributed by atoms with Crippen molar-refractivity contribution in [3.05, 3.63) is 54.1 Å². The van der Waals surface area contributed by atoms with Gasteiger partial charge in [-0.3, -0.25) is 0 Å². The molecular weight excluding hydrogens is 274 g/mol. The molecular formula is C16H18F2N2O. The Labute approximate surface area is 122 Å². The number of hydrogen-bond acceptors (Lipinski definition) is 2. The summed E-state index contributed by atoms with van der Waals surface area (Å²) in [6, 6.07) is 3.64. The first kappa shape index (κ1) is 14.2. The molecule has 2 aromatic rings. The highest BCUT2D eigenvalue weighted by atomic mass is 19.1. The molecule has 21 heavy (non-hydrogen) atoms. The van der Waals surface area contributed by atoms with Gasteiger partial charge in [-0.15, -0.1) is 0 Å². The molecule has 0 radical (unpaired) electrons. The summed E-state index contributed by atoms with van der Waals surface area (Å²) >= 11 is 0. The lowest BCUT2D eigenvalue weighted by atomic mass is 9.85. The van der Waals surface area contributed by atoms with Gasteiger partial charge in [0.05, 0.1) is 18.5 Å². The van der Waals surface area contributed by atoms with E-state index < -0.39 is 17.2 Å². The maximum Gasteiger partial charge on any atom is 0.129 e. The Bertz CT molecular complexity index is 615. The van der Waals surface area contributed by atoms with Crippen LogP contribution in [0.5, 0.6) is 0 Å². The fourth-order valence-corrected chi connectivity index (χ4v) is 3.28. The fraction of sp³-hybridized carbons (Fsp3) is 0.438.